The van der Waals surface area contributed by atoms with Crippen LogP contribution in [0.4, 0.5) is 5.69 Å². The highest BCUT2D eigenvalue weighted by Crippen LogP contribution is 2.30. The van der Waals surface area contributed by atoms with Crippen LogP contribution in [-0.4, -0.2) is 30.5 Å². The SMILES string of the molecule is CCOc1ccc(/C=C2\N=C(c3ccc([N+](=O)[O-])cc3Cl)OC2=O)cc1OC. The molecule has 0 unspecified atom stereocenters. The summed E-state index contributed by atoms with van der Waals surface area (Å²) < 4.78 is 15.9. The standard InChI is InChI=1S/C19H15ClN2O6/c1-3-27-16-7-4-11(9-17(16)26-2)8-15-19(23)28-18(21-15)13-6-5-12(22(24)25)10-14(13)20/h4-10H,3H2,1-2H3/b15-8-. The zero-order valence-corrected chi connectivity index (χ0v) is 15.7. The number of nitro benzene ring substituents is 1. The average Bonchev–Trinajstić information content (AvgIpc) is 3.03. The van der Waals surface area contributed by atoms with E-state index < -0.39 is 10.9 Å². The van der Waals surface area contributed by atoms with Crippen molar-refractivity contribution in [1.29, 1.82) is 0 Å². The molecule has 0 saturated carbocycles. The Kier molecular flexibility index (Phi) is 5.60. The quantitative estimate of drug-likeness (QED) is 0.313. The summed E-state index contributed by atoms with van der Waals surface area (Å²) in [6.45, 7) is 2.36. The number of ether oxygens (including phenoxy) is 3. The molecule has 0 spiro atoms. The van der Waals surface area contributed by atoms with Gasteiger partial charge in [-0.3, -0.25) is 10.1 Å². The van der Waals surface area contributed by atoms with Crippen molar-refractivity contribution in [3.05, 3.63) is 68.4 Å². The first-order chi connectivity index (χ1) is 13.4. The van der Waals surface area contributed by atoms with Crippen LogP contribution in [0.15, 0.2) is 47.1 Å². The zero-order chi connectivity index (χ0) is 20.3. The Labute approximate surface area is 165 Å². The third kappa shape index (κ3) is 3.96. The molecule has 2 aromatic carbocycles. The molecule has 0 amide bonds. The van der Waals surface area contributed by atoms with Gasteiger partial charge in [-0.2, -0.15) is 0 Å². The largest absolute Gasteiger partial charge is 0.493 e. The molecule has 1 aliphatic rings. The van der Waals surface area contributed by atoms with Crippen molar-refractivity contribution in [3.63, 3.8) is 0 Å². The molecule has 0 saturated heterocycles. The van der Waals surface area contributed by atoms with Gasteiger partial charge >= 0.3 is 5.97 Å². The highest BCUT2D eigenvalue weighted by Gasteiger charge is 2.26. The van der Waals surface area contributed by atoms with E-state index in [4.69, 9.17) is 25.8 Å². The summed E-state index contributed by atoms with van der Waals surface area (Å²) in [5.41, 5.74) is 0.840. The molecule has 0 atom stereocenters. The molecule has 0 radical (unpaired) electrons. The van der Waals surface area contributed by atoms with Gasteiger partial charge in [0, 0.05) is 12.1 Å². The number of hydrogen-bond donors (Lipinski definition) is 0. The van der Waals surface area contributed by atoms with Gasteiger partial charge in [0.15, 0.2) is 17.2 Å². The van der Waals surface area contributed by atoms with Crippen LogP contribution in [-0.2, 0) is 9.53 Å². The number of halogens is 1. The molecule has 0 aliphatic carbocycles. The maximum absolute atomic E-state index is 12.2. The summed E-state index contributed by atoms with van der Waals surface area (Å²) in [6.07, 6.45) is 1.53. The number of esters is 1. The fraction of sp³-hybridized carbons (Fsp3) is 0.158. The highest BCUT2D eigenvalue weighted by molar-refractivity contribution is 6.34. The summed E-state index contributed by atoms with van der Waals surface area (Å²) >= 11 is 6.07. The van der Waals surface area contributed by atoms with E-state index in [2.05, 4.69) is 4.99 Å². The Morgan fingerprint density at radius 1 is 1.25 bits per heavy atom. The number of carbonyl (C=O) groups excluding carboxylic acids is 1. The Balaban J connectivity index is 1.93. The molecule has 8 nitrogen and oxygen atoms in total. The minimum atomic E-state index is -0.655. The summed E-state index contributed by atoms with van der Waals surface area (Å²) in [5.74, 6) is 0.430. The Morgan fingerprint density at radius 2 is 2.04 bits per heavy atom. The maximum Gasteiger partial charge on any atom is 0.363 e. The number of non-ortho nitro benzene ring substituents is 1. The molecular formula is C19H15ClN2O6. The van der Waals surface area contributed by atoms with Crippen LogP contribution in [0.3, 0.4) is 0 Å². The van der Waals surface area contributed by atoms with Crippen LogP contribution in [0.2, 0.25) is 5.02 Å². The first-order valence-corrected chi connectivity index (χ1v) is 8.58. The van der Waals surface area contributed by atoms with Crippen LogP contribution in [0, 0.1) is 10.1 Å². The van der Waals surface area contributed by atoms with E-state index >= 15 is 0 Å². The maximum atomic E-state index is 12.2. The van der Waals surface area contributed by atoms with Gasteiger partial charge in [-0.15, -0.1) is 0 Å². The number of rotatable bonds is 6. The van der Waals surface area contributed by atoms with E-state index in [1.54, 1.807) is 18.2 Å². The molecule has 28 heavy (non-hydrogen) atoms. The van der Waals surface area contributed by atoms with E-state index in [0.717, 1.165) is 0 Å². The first kappa shape index (κ1) is 19.4. The molecule has 0 bridgehead atoms. The zero-order valence-electron chi connectivity index (χ0n) is 15.0. The van der Waals surface area contributed by atoms with Gasteiger partial charge in [0.1, 0.15) is 0 Å². The van der Waals surface area contributed by atoms with Gasteiger partial charge in [0.2, 0.25) is 5.90 Å². The van der Waals surface area contributed by atoms with Gasteiger partial charge < -0.3 is 14.2 Å². The lowest BCUT2D eigenvalue weighted by molar-refractivity contribution is -0.384. The van der Waals surface area contributed by atoms with E-state index in [1.807, 2.05) is 6.92 Å². The normalized spacial score (nSPS) is 14.6. The fourth-order valence-corrected chi connectivity index (χ4v) is 2.78. The van der Waals surface area contributed by atoms with Crippen molar-refractivity contribution in [2.24, 2.45) is 4.99 Å². The monoisotopic (exact) mass is 402 g/mol. The van der Waals surface area contributed by atoms with Crippen molar-refractivity contribution in [1.82, 2.24) is 0 Å². The number of cyclic esters (lactones) is 1. The molecule has 1 aliphatic heterocycles. The van der Waals surface area contributed by atoms with Crippen LogP contribution in [0.1, 0.15) is 18.1 Å². The minimum absolute atomic E-state index is 0.0194. The molecule has 0 N–H and O–H groups in total. The van der Waals surface area contributed by atoms with Gasteiger partial charge in [0.25, 0.3) is 5.69 Å². The molecule has 2 aromatic rings. The van der Waals surface area contributed by atoms with Gasteiger partial charge in [-0.1, -0.05) is 17.7 Å². The number of carbonyl (C=O) groups is 1. The van der Waals surface area contributed by atoms with E-state index in [0.29, 0.717) is 23.7 Å². The third-order valence-electron chi connectivity index (χ3n) is 3.81. The lowest BCUT2D eigenvalue weighted by atomic mass is 10.1. The minimum Gasteiger partial charge on any atom is -0.493 e. The van der Waals surface area contributed by atoms with Crippen molar-refractivity contribution in [3.8, 4) is 11.5 Å². The molecule has 0 fully saturated rings. The van der Waals surface area contributed by atoms with Gasteiger partial charge in [-0.25, -0.2) is 9.79 Å². The fourth-order valence-electron chi connectivity index (χ4n) is 2.52. The smallest absolute Gasteiger partial charge is 0.363 e. The van der Waals surface area contributed by atoms with Crippen LogP contribution in [0.25, 0.3) is 6.08 Å². The number of nitro groups is 1. The van der Waals surface area contributed by atoms with Crippen LogP contribution in [0.5, 0.6) is 11.5 Å². The predicted octanol–water partition coefficient (Wildman–Crippen LogP) is 4.00. The van der Waals surface area contributed by atoms with E-state index in [-0.39, 0.29) is 27.9 Å². The second-order valence-corrected chi connectivity index (χ2v) is 6.01. The highest BCUT2D eigenvalue weighted by atomic mass is 35.5. The number of benzene rings is 2. The summed E-state index contributed by atoms with van der Waals surface area (Å²) in [4.78, 5) is 26.6. The lowest BCUT2D eigenvalue weighted by Crippen LogP contribution is -2.06. The molecule has 9 heteroatoms. The topological polar surface area (TPSA) is 100 Å². The van der Waals surface area contributed by atoms with Crippen molar-refractivity contribution >= 4 is 35.2 Å². The Morgan fingerprint density at radius 3 is 2.68 bits per heavy atom. The van der Waals surface area contributed by atoms with Crippen molar-refractivity contribution < 1.29 is 23.9 Å². The number of hydrogen-bond acceptors (Lipinski definition) is 7. The average molecular weight is 403 g/mol. The second kappa shape index (κ2) is 8.10. The van der Waals surface area contributed by atoms with E-state index in [1.165, 1.54) is 31.4 Å². The predicted molar refractivity (Wildman–Crippen MR) is 103 cm³/mol. The first-order valence-electron chi connectivity index (χ1n) is 8.20. The summed E-state index contributed by atoms with van der Waals surface area (Å²) in [5, 5.41) is 10.9. The number of methoxy groups -OCH3 is 1. The molecule has 3 rings (SSSR count). The van der Waals surface area contributed by atoms with Crippen LogP contribution < -0.4 is 9.47 Å². The Bertz CT molecular complexity index is 1020. The number of nitrogens with zero attached hydrogens (tertiary/aromatic N) is 2. The Hall–Kier alpha value is -3.39. The third-order valence-corrected chi connectivity index (χ3v) is 4.12. The number of aliphatic imine (C=N–C) groups is 1. The van der Waals surface area contributed by atoms with Gasteiger partial charge in [0.05, 0.1) is 29.2 Å². The molecular weight excluding hydrogens is 388 g/mol. The summed E-state index contributed by atoms with van der Waals surface area (Å²) in [6, 6.07) is 9.00. The molecule has 1 heterocycles. The molecule has 144 valence electrons. The van der Waals surface area contributed by atoms with Crippen molar-refractivity contribution in [2.75, 3.05) is 13.7 Å². The van der Waals surface area contributed by atoms with Crippen LogP contribution >= 0.6 is 11.6 Å². The lowest BCUT2D eigenvalue weighted by Gasteiger charge is -2.09. The molecule has 0 aromatic heterocycles. The second-order valence-electron chi connectivity index (χ2n) is 5.60. The summed E-state index contributed by atoms with van der Waals surface area (Å²) in [7, 11) is 1.52. The van der Waals surface area contributed by atoms with Crippen molar-refractivity contribution in [2.45, 2.75) is 6.92 Å². The van der Waals surface area contributed by atoms with E-state index in [9.17, 15) is 14.9 Å². The van der Waals surface area contributed by atoms with Gasteiger partial charge in [-0.05, 0) is 36.8 Å².